The molecule has 2 nitrogen and oxygen atoms in total. The molecule has 2 unspecified atom stereocenters. The maximum absolute atomic E-state index is 13.8. The van der Waals surface area contributed by atoms with Gasteiger partial charge in [-0.05, 0) is 51.2 Å². The number of benzene rings is 1. The SMILES string of the molecule is Cc1cc2c(cc1F)nc(C(C)Cl)n2C(C)CCC(C)C. The summed E-state index contributed by atoms with van der Waals surface area (Å²) in [5.41, 5.74) is 2.32. The molecule has 0 aliphatic carbocycles. The number of rotatable bonds is 5. The zero-order valence-corrected chi connectivity index (χ0v) is 14.2. The first-order valence-electron chi connectivity index (χ1n) is 7.63. The molecule has 0 fully saturated rings. The van der Waals surface area contributed by atoms with Crippen molar-refractivity contribution >= 4 is 22.6 Å². The minimum absolute atomic E-state index is 0.192. The van der Waals surface area contributed by atoms with Gasteiger partial charge in [0.1, 0.15) is 11.6 Å². The molecule has 0 aliphatic heterocycles. The number of aryl methyl sites for hydroxylation is 1. The van der Waals surface area contributed by atoms with Crippen LogP contribution in [0.2, 0.25) is 0 Å². The number of hydrogen-bond donors (Lipinski definition) is 0. The average Bonchev–Trinajstić information content (AvgIpc) is 2.75. The fourth-order valence-corrected chi connectivity index (χ4v) is 2.84. The lowest BCUT2D eigenvalue weighted by Gasteiger charge is -2.19. The van der Waals surface area contributed by atoms with Gasteiger partial charge < -0.3 is 4.57 Å². The largest absolute Gasteiger partial charge is 0.324 e. The van der Waals surface area contributed by atoms with Crippen LogP contribution in [0.3, 0.4) is 0 Å². The monoisotopic (exact) mass is 310 g/mol. The molecule has 0 radical (unpaired) electrons. The first kappa shape index (κ1) is 16.3. The normalized spacial score (nSPS) is 14.9. The molecule has 2 rings (SSSR count). The number of aromatic nitrogens is 2. The van der Waals surface area contributed by atoms with Crippen LogP contribution in [0.5, 0.6) is 0 Å². The Kier molecular flexibility index (Phi) is 4.92. The number of alkyl halides is 1. The van der Waals surface area contributed by atoms with Crippen LogP contribution < -0.4 is 0 Å². The Balaban J connectivity index is 2.52. The molecule has 1 aromatic heterocycles. The van der Waals surface area contributed by atoms with Gasteiger partial charge in [-0.2, -0.15) is 0 Å². The lowest BCUT2D eigenvalue weighted by Crippen LogP contribution is -2.11. The quantitative estimate of drug-likeness (QED) is 0.640. The molecule has 0 spiro atoms. The molecular weight excluding hydrogens is 287 g/mol. The fraction of sp³-hybridized carbons (Fsp3) is 0.588. The van der Waals surface area contributed by atoms with Crippen LogP contribution in [0, 0.1) is 18.7 Å². The van der Waals surface area contributed by atoms with Crippen molar-refractivity contribution in [3.63, 3.8) is 0 Å². The van der Waals surface area contributed by atoms with E-state index in [4.69, 9.17) is 11.6 Å². The smallest absolute Gasteiger partial charge is 0.128 e. The molecule has 0 saturated heterocycles. The summed E-state index contributed by atoms with van der Waals surface area (Å²) in [6.07, 6.45) is 2.22. The van der Waals surface area contributed by atoms with Crippen molar-refractivity contribution in [2.75, 3.05) is 0 Å². The van der Waals surface area contributed by atoms with Gasteiger partial charge in [0.05, 0.1) is 16.4 Å². The molecule has 0 N–H and O–H groups in total. The average molecular weight is 311 g/mol. The van der Waals surface area contributed by atoms with Crippen molar-refractivity contribution in [2.24, 2.45) is 5.92 Å². The van der Waals surface area contributed by atoms with Crippen molar-refractivity contribution in [1.29, 1.82) is 0 Å². The van der Waals surface area contributed by atoms with Crippen LogP contribution in [-0.2, 0) is 0 Å². The molecule has 1 heterocycles. The summed E-state index contributed by atoms with van der Waals surface area (Å²) in [6, 6.07) is 3.70. The summed E-state index contributed by atoms with van der Waals surface area (Å²) in [5, 5.41) is -0.192. The van der Waals surface area contributed by atoms with Gasteiger partial charge in [0.25, 0.3) is 0 Å². The topological polar surface area (TPSA) is 17.8 Å². The maximum atomic E-state index is 13.8. The van der Waals surface area contributed by atoms with Gasteiger partial charge >= 0.3 is 0 Å². The standard InChI is InChI=1S/C17H24ClFN2/c1-10(2)6-7-12(4)21-16-8-11(3)14(19)9-15(16)20-17(21)13(5)18/h8-10,12-13H,6-7H2,1-5H3. The number of imidazole rings is 1. The fourth-order valence-electron chi connectivity index (χ4n) is 2.69. The highest BCUT2D eigenvalue weighted by Gasteiger charge is 2.20. The molecule has 0 amide bonds. The highest BCUT2D eigenvalue weighted by Crippen LogP contribution is 2.31. The Morgan fingerprint density at radius 1 is 1.19 bits per heavy atom. The van der Waals surface area contributed by atoms with Gasteiger partial charge in [0.2, 0.25) is 0 Å². The molecular formula is C17H24ClFN2. The van der Waals surface area contributed by atoms with Crippen LogP contribution in [0.15, 0.2) is 12.1 Å². The predicted molar refractivity (Wildman–Crippen MR) is 87.5 cm³/mol. The van der Waals surface area contributed by atoms with Crippen LogP contribution in [0.25, 0.3) is 11.0 Å². The zero-order valence-electron chi connectivity index (χ0n) is 13.5. The van der Waals surface area contributed by atoms with Crippen molar-refractivity contribution in [3.05, 3.63) is 29.3 Å². The molecule has 2 aromatic rings. The summed E-state index contributed by atoms with van der Waals surface area (Å²) in [4.78, 5) is 4.55. The van der Waals surface area contributed by atoms with E-state index in [0.717, 1.165) is 24.2 Å². The summed E-state index contributed by atoms with van der Waals surface area (Å²) in [7, 11) is 0. The molecule has 0 aliphatic rings. The number of hydrogen-bond acceptors (Lipinski definition) is 1. The van der Waals surface area contributed by atoms with Gasteiger partial charge in [-0.15, -0.1) is 11.6 Å². The van der Waals surface area contributed by atoms with Crippen LogP contribution in [-0.4, -0.2) is 9.55 Å². The molecule has 2 atom stereocenters. The van der Waals surface area contributed by atoms with Gasteiger partial charge in [-0.3, -0.25) is 0 Å². The second-order valence-corrected chi connectivity index (χ2v) is 7.02. The number of fused-ring (bicyclic) bond motifs is 1. The first-order chi connectivity index (χ1) is 9.81. The van der Waals surface area contributed by atoms with E-state index in [1.807, 2.05) is 13.0 Å². The summed E-state index contributed by atoms with van der Waals surface area (Å²) >= 11 is 6.29. The third-order valence-electron chi connectivity index (χ3n) is 3.96. The number of halogens is 2. The molecule has 21 heavy (non-hydrogen) atoms. The lowest BCUT2D eigenvalue weighted by molar-refractivity contribution is 0.437. The van der Waals surface area contributed by atoms with Gasteiger partial charge in [-0.25, -0.2) is 9.37 Å². The van der Waals surface area contributed by atoms with E-state index < -0.39 is 0 Å². The van der Waals surface area contributed by atoms with Crippen LogP contribution in [0.1, 0.15) is 63.3 Å². The van der Waals surface area contributed by atoms with E-state index in [9.17, 15) is 4.39 Å². The Bertz CT molecular complexity index is 631. The molecule has 4 heteroatoms. The Hall–Kier alpha value is -1.09. The molecule has 116 valence electrons. The molecule has 0 saturated carbocycles. The zero-order chi connectivity index (χ0) is 15.7. The van der Waals surface area contributed by atoms with Gasteiger partial charge in [-0.1, -0.05) is 13.8 Å². The van der Waals surface area contributed by atoms with Gasteiger partial charge in [0.15, 0.2) is 0 Å². The van der Waals surface area contributed by atoms with E-state index in [1.54, 1.807) is 6.92 Å². The summed E-state index contributed by atoms with van der Waals surface area (Å²) in [5.74, 6) is 1.28. The molecule has 0 bridgehead atoms. The highest BCUT2D eigenvalue weighted by molar-refractivity contribution is 6.20. The maximum Gasteiger partial charge on any atom is 0.128 e. The Labute approximate surface area is 131 Å². The Morgan fingerprint density at radius 2 is 1.86 bits per heavy atom. The highest BCUT2D eigenvalue weighted by atomic mass is 35.5. The second kappa shape index (κ2) is 6.35. The predicted octanol–water partition coefficient (Wildman–Crippen LogP) is 5.78. The minimum atomic E-state index is -0.212. The molecule has 1 aromatic carbocycles. The minimum Gasteiger partial charge on any atom is -0.324 e. The van der Waals surface area contributed by atoms with E-state index in [1.165, 1.54) is 6.07 Å². The number of nitrogens with zero attached hydrogens (tertiary/aromatic N) is 2. The van der Waals surface area contributed by atoms with Crippen LogP contribution in [0.4, 0.5) is 4.39 Å². The van der Waals surface area contributed by atoms with Crippen molar-refractivity contribution < 1.29 is 4.39 Å². The third-order valence-corrected chi connectivity index (χ3v) is 4.15. The van der Waals surface area contributed by atoms with Crippen molar-refractivity contribution in [3.8, 4) is 0 Å². The van der Waals surface area contributed by atoms with E-state index in [2.05, 4.69) is 30.3 Å². The van der Waals surface area contributed by atoms with Crippen molar-refractivity contribution in [2.45, 2.75) is 58.9 Å². The van der Waals surface area contributed by atoms with E-state index >= 15 is 0 Å². The van der Waals surface area contributed by atoms with E-state index in [-0.39, 0.29) is 11.2 Å². The third kappa shape index (κ3) is 3.39. The van der Waals surface area contributed by atoms with Gasteiger partial charge in [0, 0.05) is 12.1 Å². The summed E-state index contributed by atoms with van der Waals surface area (Å²) < 4.78 is 15.9. The van der Waals surface area contributed by atoms with E-state index in [0.29, 0.717) is 23.0 Å². The first-order valence-corrected chi connectivity index (χ1v) is 8.07. The lowest BCUT2D eigenvalue weighted by atomic mass is 10.0. The Morgan fingerprint density at radius 3 is 2.43 bits per heavy atom. The second-order valence-electron chi connectivity index (χ2n) is 6.37. The summed E-state index contributed by atoms with van der Waals surface area (Å²) in [6.45, 7) is 10.3. The van der Waals surface area contributed by atoms with Crippen LogP contribution >= 0.6 is 11.6 Å². The van der Waals surface area contributed by atoms with Crippen molar-refractivity contribution in [1.82, 2.24) is 9.55 Å².